The number of hydrogen-bond donors (Lipinski definition) is 2. The van der Waals surface area contributed by atoms with E-state index < -0.39 is 0 Å². The van der Waals surface area contributed by atoms with Gasteiger partial charge in [-0.1, -0.05) is 6.42 Å². The van der Waals surface area contributed by atoms with Crippen LogP contribution < -0.4 is 10.6 Å². The predicted molar refractivity (Wildman–Crippen MR) is 83.9 cm³/mol. The molecule has 2 N–H and O–H groups in total. The number of carbonyl (C=O) groups is 2. The van der Waals surface area contributed by atoms with E-state index in [1.807, 2.05) is 0 Å². The standard InChI is InChI=1S/C15H20N4O2S/c20-13-7-19(4-3-16-13)15(21)18-14-17-12(8-22-14)11-6-9-1-2-10(11)5-9/h8-11H,1-7H2,(H,16,20)(H,17,18,21)/t9-,10-,11+/m0/s1. The third kappa shape index (κ3) is 2.58. The van der Waals surface area contributed by atoms with E-state index in [-0.39, 0.29) is 18.5 Å². The van der Waals surface area contributed by atoms with E-state index in [1.165, 1.54) is 41.9 Å². The highest BCUT2D eigenvalue weighted by atomic mass is 32.1. The Hall–Kier alpha value is -1.63. The first-order valence-corrected chi connectivity index (χ1v) is 8.85. The Morgan fingerprint density at radius 1 is 1.41 bits per heavy atom. The van der Waals surface area contributed by atoms with Crippen molar-refractivity contribution in [1.29, 1.82) is 0 Å². The van der Waals surface area contributed by atoms with Crippen molar-refractivity contribution in [3.8, 4) is 0 Å². The van der Waals surface area contributed by atoms with Crippen molar-refractivity contribution < 1.29 is 9.59 Å². The van der Waals surface area contributed by atoms with Crippen LogP contribution in [0, 0.1) is 11.8 Å². The third-order valence-electron chi connectivity index (χ3n) is 5.18. The third-order valence-corrected chi connectivity index (χ3v) is 5.96. The van der Waals surface area contributed by atoms with Gasteiger partial charge in [-0.25, -0.2) is 9.78 Å². The van der Waals surface area contributed by atoms with Crippen LogP contribution in [0.3, 0.4) is 0 Å². The molecule has 1 aromatic heterocycles. The minimum Gasteiger partial charge on any atom is -0.353 e. The van der Waals surface area contributed by atoms with Crippen LogP contribution >= 0.6 is 11.3 Å². The molecule has 118 valence electrons. The van der Waals surface area contributed by atoms with Crippen molar-refractivity contribution in [2.24, 2.45) is 11.8 Å². The molecule has 3 aliphatic rings. The smallest absolute Gasteiger partial charge is 0.324 e. The second kappa shape index (κ2) is 5.53. The van der Waals surface area contributed by atoms with Gasteiger partial charge in [0.1, 0.15) is 6.54 Å². The molecule has 2 bridgehead atoms. The second-order valence-corrected chi connectivity index (χ2v) is 7.42. The summed E-state index contributed by atoms with van der Waals surface area (Å²) >= 11 is 1.49. The molecule has 0 aromatic carbocycles. The summed E-state index contributed by atoms with van der Waals surface area (Å²) in [4.78, 5) is 29.7. The van der Waals surface area contributed by atoms with Crippen LogP contribution in [-0.4, -0.2) is 41.5 Å². The summed E-state index contributed by atoms with van der Waals surface area (Å²) in [5.74, 6) is 2.16. The molecule has 1 aliphatic heterocycles. The van der Waals surface area contributed by atoms with Gasteiger partial charge < -0.3 is 10.2 Å². The van der Waals surface area contributed by atoms with Gasteiger partial charge >= 0.3 is 6.03 Å². The Bertz CT molecular complexity index is 602. The van der Waals surface area contributed by atoms with Gasteiger partial charge in [0, 0.05) is 24.4 Å². The van der Waals surface area contributed by atoms with Crippen LogP contribution in [0.2, 0.25) is 0 Å². The van der Waals surface area contributed by atoms with Crippen LogP contribution in [0.15, 0.2) is 5.38 Å². The van der Waals surface area contributed by atoms with Gasteiger partial charge in [-0.05, 0) is 31.1 Å². The molecule has 0 spiro atoms. The number of carbonyl (C=O) groups excluding carboxylic acids is 2. The molecule has 4 rings (SSSR count). The molecule has 2 saturated carbocycles. The highest BCUT2D eigenvalue weighted by Gasteiger charge is 2.41. The van der Waals surface area contributed by atoms with E-state index in [0.29, 0.717) is 24.1 Å². The van der Waals surface area contributed by atoms with Gasteiger partial charge in [0.05, 0.1) is 5.69 Å². The molecule has 3 fully saturated rings. The first-order valence-electron chi connectivity index (χ1n) is 7.97. The number of aromatic nitrogens is 1. The fourth-order valence-corrected chi connectivity index (χ4v) is 4.87. The van der Waals surface area contributed by atoms with Gasteiger partial charge in [-0.2, -0.15) is 0 Å². The van der Waals surface area contributed by atoms with E-state index in [0.717, 1.165) is 17.5 Å². The van der Waals surface area contributed by atoms with Crippen molar-refractivity contribution in [2.45, 2.75) is 31.6 Å². The largest absolute Gasteiger partial charge is 0.353 e. The van der Waals surface area contributed by atoms with Crippen molar-refractivity contribution in [3.05, 3.63) is 11.1 Å². The first kappa shape index (κ1) is 14.0. The number of amides is 3. The van der Waals surface area contributed by atoms with Crippen LogP contribution in [0.5, 0.6) is 0 Å². The van der Waals surface area contributed by atoms with E-state index >= 15 is 0 Å². The zero-order valence-corrected chi connectivity index (χ0v) is 13.2. The molecule has 2 heterocycles. The second-order valence-electron chi connectivity index (χ2n) is 6.56. The quantitative estimate of drug-likeness (QED) is 0.875. The highest BCUT2D eigenvalue weighted by molar-refractivity contribution is 7.13. The lowest BCUT2D eigenvalue weighted by atomic mass is 9.87. The Morgan fingerprint density at radius 2 is 2.32 bits per heavy atom. The number of fused-ring (bicyclic) bond motifs is 2. The Morgan fingerprint density at radius 3 is 3.05 bits per heavy atom. The Balaban J connectivity index is 1.39. The molecule has 3 atom stereocenters. The lowest BCUT2D eigenvalue weighted by Crippen LogP contribution is -2.51. The summed E-state index contributed by atoms with van der Waals surface area (Å²) in [5.41, 5.74) is 1.14. The molecule has 1 aromatic rings. The summed E-state index contributed by atoms with van der Waals surface area (Å²) in [5, 5.41) is 8.28. The molecular formula is C15H20N4O2S. The molecule has 3 amide bonds. The Kier molecular flexibility index (Phi) is 3.52. The summed E-state index contributed by atoms with van der Waals surface area (Å²) in [6.45, 7) is 1.18. The maximum Gasteiger partial charge on any atom is 0.324 e. The van der Waals surface area contributed by atoms with Crippen LogP contribution in [0.25, 0.3) is 0 Å². The van der Waals surface area contributed by atoms with Crippen LogP contribution in [0.1, 0.15) is 37.3 Å². The predicted octanol–water partition coefficient (Wildman–Crippen LogP) is 2.01. The number of anilines is 1. The number of hydrogen-bond acceptors (Lipinski definition) is 4. The van der Waals surface area contributed by atoms with Crippen LogP contribution in [-0.2, 0) is 4.79 Å². The zero-order chi connectivity index (χ0) is 15.1. The number of nitrogens with one attached hydrogen (secondary N) is 2. The normalized spacial score (nSPS) is 30.5. The minimum absolute atomic E-state index is 0.108. The maximum atomic E-state index is 12.2. The first-order chi connectivity index (χ1) is 10.7. The molecular weight excluding hydrogens is 300 g/mol. The van der Waals surface area contributed by atoms with Crippen LogP contribution in [0.4, 0.5) is 9.93 Å². The summed E-state index contributed by atoms with van der Waals surface area (Å²) in [7, 11) is 0. The molecule has 2 aliphatic carbocycles. The molecule has 0 unspecified atom stereocenters. The number of rotatable bonds is 2. The number of urea groups is 1. The van der Waals surface area contributed by atoms with E-state index in [2.05, 4.69) is 21.0 Å². The maximum absolute atomic E-state index is 12.2. The lowest BCUT2D eigenvalue weighted by molar-refractivity contribution is -0.123. The average Bonchev–Trinajstić information content (AvgIpc) is 3.23. The van der Waals surface area contributed by atoms with Gasteiger partial charge in [0.15, 0.2) is 5.13 Å². The van der Waals surface area contributed by atoms with E-state index in [9.17, 15) is 9.59 Å². The molecule has 7 heteroatoms. The van der Waals surface area contributed by atoms with Gasteiger partial charge in [-0.15, -0.1) is 11.3 Å². The van der Waals surface area contributed by atoms with E-state index in [4.69, 9.17) is 0 Å². The van der Waals surface area contributed by atoms with Gasteiger partial charge in [-0.3, -0.25) is 10.1 Å². The summed E-state index contributed by atoms with van der Waals surface area (Å²) < 4.78 is 0. The zero-order valence-electron chi connectivity index (χ0n) is 12.4. The molecule has 0 radical (unpaired) electrons. The van der Waals surface area contributed by atoms with Crippen molar-refractivity contribution in [1.82, 2.24) is 15.2 Å². The topological polar surface area (TPSA) is 74.3 Å². The van der Waals surface area contributed by atoms with Crippen molar-refractivity contribution in [2.75, 3.05) is 25.0 Å². The highest BCUT2D eigenvalue weighted by Crippen LogP contribution is 2.52. The van der Waals surface area contributed by atoms with E-state index in [1.54, 1.807) is 0 Å². The summed E-state index contributed by atoms with van der Waals surface area (Å²) in [6, 6.07) is -0.233. The summed E-state index contributed by atoms with van der Waals surface area (Å²) in [6.07, 6.45) is 5.32. The number of thiazole rings is 1. The molecule has 6 nitrogen and oxygen atoms in total. The number of piperazine rings is 1. The SMILES string of the molecule is O=C1CN(C(=O)Nc2nc([C@@H]3C[C@H]4CC[C@H]3C4)cs2)CCN1. The fraction of sp³-hybridized carbons (Fsp3) is 0.667. The number of nitrogens with zero attached hydrogens (tertiary/aromatic N) is 2. The van der Waals surface area contributed by atoms with Gasteiger partial charge in [0.25, 0.3) is 0 Å². The van der Waals surface area contributed by atoms with Crippen molar-refractivity contribution in [3.63, 3.8) is 0 Å². The van der Waals surface area contributed by atoms with Gasteiger partial charge in [0.2, 0.25) is 5.91 Å². The average molecular weight is 320 g/mol. The fourth-order valence-electron chi connectivity index (χ4n) is 4.10. The van der Waals surface area contributed by atoms with Crippen molar-refractivity contribution >= 4 is 28.4 Å². The lowest BCUT2D eigenvalue weighted by Gasteiger charge is -2.26. The Labute approximate surface area is 133 Å². The minimum atomic E-state index is -0.233. The monoisotopic (exact) mass is 320 g/mol. The molecule has 1 saturated heterocycles. The molecule has 22 heavy (non-hydrogen) atoms.